The Morgan fingerprint density at radius 2 is 1.91 bits per heavy atom. The van der Waals surface area contributed by atoms with Gasteiger partial charge in [-0.15, -0.1) is 11.3 Å². The number of nitrogens with zero attached hydrogens (tertiary/aromatic N) is 3. The zero-order valence-electron chi connectivity index (χ0n) is 19.4. The van der Waals surface area contributed by atoms with E-state index in [-0.39, 0.29) is 11.7 Å². The molecule has 0 unspecified atom stereocenters. The van der Waals surface area contributed by atoms with E-state index in [1.165, 1.54) is 19.2 Å². The predicted octanol–water partition coefficient (Wildman–Crippen LogP) is 5.93. The van der Waals surface area contributed by atoms with Crippen molar-refractivity contribution >= 4 is 45.7 Å². The lowest BCUT2D eigenvalue weighted by Gasteiger charge is -2.12. The van der Waals surface area contributed by atoms with Crippen LogP contribution >= 0.6 is 11.3 Å². The molecule has 0 atom stereocenters. The number of aryl methyl sites for hydroxylation is 2. The molecule has 0 bridgehead atoms. The van der Waals surface area contributed by atoms with Crippen molar-refractivity contribution in [3.05, 3.63) is 57.7 Å². The lowest BCUT2D eigenvalue weighted by molar-refractivity contribution is 0.102. The SMILES string of the molecule is COC(=O)Nc1cc(NC(=O)c2cc(-c3cc(C)sc3C)nc3c2cnn3C(C)C)ccc1F. The van der Waals surface area contributed by atoms with Gasteiger partial charge in [-0.1, -0.05) is 0 Å². The van der Waals surface area contributed by atoms with Crippen molar-refractivity contribution in [3.63, 3.8) is 0 Å². The second-order valence-electron chi connectivity index (χ2n) is 8.07. The van der Waals surface area contributed by atoms with Crippen LogP contribution in [0.2, 0.25) is 0 Å². The van der Waals surface area contributed by atoms with Crippen LogP contribution in [0.4, 0.5) is 20.6 Å². The normalized spacial score (nSPS) is 11.1. The maximum Gasteiger partial charge on any atom is 0.411 e. The van der Waals surface area contributed by atoms with Crippen molar-refractivity contribution in [2.75, 3.05) is 17.7 Å². The van der Waals surface area contributed by atoms with Crippen molar-refractivity contribution in [3.8, 4) is 11.3 Å². The lowest BCUT2D eigenvalue weighted by Crippen LogP contribution is -2.15. The molecule has 4 aromatic rings. The lowest BCUT2D eigenvalue weighted by atomic mass is 10.1. The molecule has 0 saturated heterocycles. The third-order valence-electron chi connectivity index (χ3n) is 5.26. The summed E-state index contributed by atoms with van der Waals surface area (Å²) in [5.74, 6) is -1.06. The predicted molar refractivity (Wildman–Crippen MR) is 131 cm³/mol. The minimum atomic E-state index is -0.814. The first-order chi connectivity index (χ1) is 16.2. The highest BCUT2D eigenvalue weighted by atomic mass is 32.1. The summed E-state index contributed by atoms with van der Waals surface area (Å²) < 4.78 is 20.4. The molecule has 1 aromatic carbocycles. The van der Waals surface area contributed by atoms with Crippen LogP contribution in [0.15, 0.2) is 36.5 Å². The molecule has 2 N–H and O–H groups in total. The summed E-state index contributed by atoms with van der Waals surface area (Å²) in [6.45, 7) is 8.04. The van der Waals surface area contributed by atoms with Gasteiger partial charge < -0.3 is 10.1 Å². The van der Waals surface area contributed by atoms with Gasteiger partial charge in [-0.05, 0) is 58.0 Å². The number of hydrogen-bond acceptors (Lipinski definition) is 6. The van der Waals surface area contributed by atoms with E-state index in [0.29, 0.717) is 28.0 Å². The molecule has 0 radical (unpaired) electrons. The number of hydrogen-bond donors (Lipinski definition) is 2. The molecular formula is C24H24FN5O3S. The Labute approximate surface area is 199 Å². The molecule has 176 valence electrons. The minimum absolute atomic E-state index is 0.0468. The number of fused-ring (bicyclic) bond motifs is 1. The number of ether oxygens (including phenoxy) is 1. The highest BCUT2D eigenvalue weighted by molar-refractivity contribution is 7.12. The van der Waals surface area contributed by atoms with Gasteiger partial charge >= 0.3 is 6.09 Å². The number of benzene rings is 1. The molecule has 0 aliphatic heterocycles. The van der Waals surface area contributed by atoms with Crippen molar-refractivity contribution in [1.82, 2.24) is 14.8 Å². The molecule has 4 rings (SSSR count). The number of rotatable bonds is 5. The van der Waals surface area contributed by atoms with E-state index < -0.39 is 17.8 Å². The molecule has 0 aliphatic carbocycles. The summed E-state index contributed by atoms with van der Waals surface area (Å²) in [5, 5.41) is 10.1. The van der Waals surface area contributed by atoms with Crippen LogP contribution in [-0.4, -0.2) is 33.9 Å². The number of halogens is 1. The highest BCUT2D eigenvalue weighted by Gasteiger charge is 2.20. The number of thiophene rings is 1. The maximum absolute atomic E-state index is 14.1. The number of carbonyl (C=O) groups is 2. The Morgan fingerprint density at radius 1 is 1.15 bits per heavy atom. The Balaban J connectivity index is 1.78. The van der Waals surface area contributed by atoms with E-state index in [9.17, 15) is 14.0 Å². The summed E-state index contributed by atoms with van der Waals surface area (Å²) in [5.41, 5.74) is 2.83. The van der Waals surface area contributed by atoms with Gasteiger partial charge in [0.2, 0.25) is 0 Å². The topological polar surface area (TPSA) is 98.1 Å². The van der Waals surface area contributed by atoms with Gasteiger partial charge in [0.25, 0.3) is 5.91 Å². The smallest absolute Gasteiger partial charge is 0.411 e. The van der Waals surface area contributed by atoms with Gasteiger partial charge in [0.1, 0.15) is 5.82 Å². The van der Waals surface area contributed by atoms with E-state index in [1.54, 1.807) is 28.3 Å². The van der Waals surface area contributed by atoms with Crippen LogP contribution in [-0.2, 0) is 4.74 Å². The van der Waals surface area contributed by atoms with Crippen molar-refractivity contribution in [1.29, 1.82) is 0 Å². The average molecular weight is 482 g/mol. The number of nitrogens with one attached hydrogen (secondary N) is 2. The van der Waals surface area contributed by atoms with Gasteiger partial charge in [0.05, 0.1) is 35.6 Å². The second-order valence-corrected chi connectivity index (χ2v) is 9.53. The Hall–Kier alpha value is -3.79. The van der Waals surface area contributed by atoms with Crippen LogP contribution in [0.5, 0.6) is 0 Å². The molecule has 34 heavy (non-hydrogen) atoms. The summed E-state index contributed by atoms with van der Waals surface area (Å²) in [6, 6.07) is 7.74. The number of amides is 2. The van der Waals surface area contributed by atoms with E-state index >= 15 is 0 Å². The van der Waals surface area contributed by atoms with Gasteiger partial charge in [0, 0.05) is 27.0 Å². The molecular weight excluding hydrogens is 457 g/mol. The summed E-state index contributed by atoms with van der Waals surface area (Å²) in [6.07, 6.45) is 0.812. The van der Waals surface area contributed by atoms with Crippen molar-refractivity contribution < 1.29 is 18.7 Å². The fourth-order valence-corrected chi connectivity index (χ4v) is 4.60. The van der Waals surface area contributed by atoms with Crippen molar-refractivity contribution in [2.45, 2.75) is 33.7 Å². The Kier molecular flexibility index (Phi) is 6.34. The molecule has 2 amide bonds. The van der Waals surface area contributed by atoms with Gasteiger partial charge in [0.15, 0.2) is 5.65 Å². The van der Waals surface area contributed by atoms with Crippen LogP contribution in [0, 0.1) is 19.7 Å². The monoisotopic (exact) mass is 481 g/mol. The summed E-state index contributed by atoms with van der Waals surface area (Å²) in [4.78, 5) is 32.0. The van der Waals surface area contributed by atoms with Gasteiger partial charge in [-0.3, -0.25) is 10.1 Å². The fourth-order valence-electron chi connectivity index (χ4n) is 3.67. The van der Waals surface area contributed by atoms with E-state index in [2.05, 4.69) is 26.5 Å². The van der Waals surface area contributed by atoms with Gasteiger partial charge in [-0.25, -0.2) is 18.9 Å². The molecule has 3 aromatic heterocycles. The molecule has 0 aliphatic rings. The van der Waals surface area contributed by atoms with Gasteiger partial charge in [-0.2, -0.15) is 5.10 Å². The zero-order valence-corrected chi connectivity index (χ0v) is 20.2. The first-order valence-electron chi connectivity index (χ1n) is 10.6. The molecule has 10 heteroatoms. The third-order valence-corrected chi connectivity index (χ3v) is 6.23. The molecule has 8 nitrogen and oxygen atoms in total. The third kappa shape index (κ3) is 4.49. The number of anilines is 2. The summed E-state index contributed by atoms with van der Waals surface area (Å²) in [7, 11) is 1.18. The first kappa shape index (κ1) is 23.4. The zero-order chi connectivity index (χ0) is 24.6. The van der Waals surface area contributed by atoms with Crippen LogP contribution < -0.4 is 10.6 Å². The average Bonchev–Trinajstić information content (AvgIpc) is 3.37. The largest absolute Gasteiger partial charge is 0.453 e. The molecule has 3 heterocycles. The van der Waals surface area contributed by atoms with Crippen molar-refractivity contribution in [2.24, 2.45) is 0 Å². The quantitative estimate of drug-likeness (QED) is 0.368. The number of carbonyl (C=O) groups excluding carboxylic acids is 2. The maximum atomic E-state index is 14.1. The van der Waals surface area contributed by atoms with Crippen LogP contribution in [0.1, 0.15) is 40.0 Å². The van der Waals surface area contributed by atoms with E-state index in [0.717, 1.165) is 21.4 Å². The standard InChI is InChI=1S/C24H24FN5O3S/c1-12(2)30-22-18(11-26-30)17(10-20(28-22)16-8-13(3)34-14(16)4)23(31)27-15-6-7-19(25)21(9-15)29-24(32)33-5/h6-12H,1-5H3,(H,27,31)(H,29,32). The van der Waals surface area contributed by atoms with E-state index in [1.807, 2.05) is 27.7 Å². The molecule has 0 fully saturated rings. The molecule has 0 saturated carbocycles. The number of aromatic nitrogens is 3. The highest BCUT2D eigenvalue weighted by Crippen LogP contribution is 2.33. The summed E-state index contributed by atoms with van der Waals surface area (Å²) >= 11 is 1.67. The second kappa shape index (κ2) is 9.22. The fraction of sp³-hybridized carbons (Fsp3) is 0.250. The van der Waals surface area contributed by atoms with Crippen LogP contribution in [0.25, 0.3) is 22.3 Å². The Bertz CT molecular complexity index is 1410. The van der Waals surface area contributed by atoms with Crippen LogP contribution in [0.3, 0.4) is 0 Å². The number of pyridine rings is 1. The van der Waals surface area contributed by atoms with E-state index in [4.69, 9.17) is 4.98 Å². The Morgan fingerprint density at radius 3 is 2.56 bits per heavy atom. The molecule has 0 spiro atoms. The first-order valence-corrected chi connectivity index (χ1v) is 11.4. The number of methoxy groups -OCH3 is 1. The minimum Gasteiger partial charge on any atom is -0.453 e.